The lowest BCUT2D eigenvalue weighted by Crippen LogP contribution is -2.34. The van der Waals surface area contributed by atoms with Crippen molar-refractivity contribution in [2.75, 3.05) is 0 Å². The Balaban J connectivity index is 2.60. The monoisotopic (exact) mass is 254 g/mol. The third kappa shape index (κ3) is 1.39. The molecular weight excluding hydrogens is 248 g/mol. The van der Waals surface area contributed by atoms with Crippen molar-refractivity contribution >= 4 is 15.9 Å². The molecule has 1 aromatic carbocycles. The molecule has 0 saturated heterocycles. The summed E-state index contributed by atoms with van der Waals surface area (Å²) >= 11 is 3.12. The summed E-state index contributed by atoms with van der Waals surface area (Å²) in [5, 5.41) is 14.7. The van der Waals surface area contributed by atoms with Gasteiger partial charge in [-0.15, -0.1) is 0 Å². The summed E-state index contributed by atoms with van der Waals surface area (Å²) in [5.41, 5.74) is 1.84. The van der Waals surface area contributed by atoms with Gasteiger partial charge in [-0.25, -0.2) is 0 Å². The molecule has 0 aliphatic heterocycles. The predicted octanol–water partition coefficient (Wildman–Crippen LogP) is 1.10. The van der Waals surface area contributed by atoms with Crippen molar-refractivity contribution in [3.63, 3.8) is 0 Å². The molecule has 0 bridgehead atoms. The molecule has 0 saturated carbocycles. The molecule has 2 rings (SSSR count). The lowest BCUT2D eigenvalue weighted by atomic mass is 10.2. The van der Waals surface area contributed by atoms with Crippen molar-refractivity contribution in [3.8, 4) is 11.6 Å². The summed E-state index contributed by atoms with van der Waals surface area (Å²) in [6, 6.07) is 7.60. The first-order valence-corrected chi connectivity index (χ1v) is 4.80. The average molecular weight is 255 g/mol. The summed E-state index contributed by atoms with van der Waals surface area (Å²) in [5.74, 6) is -0.478. The Morgan fingerprint density at radius 2 is 2.14 bits per heavy atom. The third-order valence-electron chi connectivity index (χ3n) is 1.90. The molecule has 72 valence electrons. The van der Waals surface area contributed by atoms with E-state index in [1.807, 2.05) is 31.2 Å². The quantitative estimate of drug-likeness (QED) is 0.717. The first-order valence-electron chi connectivity index (χ1n) is 4.00. The van der Waals surface area contributed by atoms with Crippen molar-refractivity contribution in [1.29, 1.82) is 0 Å². The molecule has 14 heavy (non-hydrogen) atoms. The second-order valence-corrected chi connectivity index (χ2v) is 3.60. The molecular formula is C9H7BrN2O2. The van der Waals surface area contributed by atoms with E-state index in [1.54, 1.807) is 0 Å². The van der Waals surface area contributed by atoms with Crippen LogP contribution < -0.4 is 9.79 Å². The van der Waals surface area contributed by atoms with Gasteiger partial charge in [0.2, 0.25) is 5.69 Å². The van der Waals surface area contributed by atoms with Crippen LogP contribution in [0, 0.1) is 6.92 Å². The van der Waals surface area contributed by atoms with Crippen LogP contribution in [0.1, 0.15) is 5.56 Å². The maximum atomic E-state index is 11.0. The largest absolute Gasteiger partial charge is 0.538 e. The van der Waals surface area contributed by atoms with Crippen LogP contribution in [-0.4, -0.2) is 5.27 Å². The predicted molar refractivity (Wildman–Crippen MR) is 49.9 cm³/mol. The van der Waals surface area contributed by atoms with Gasteiger partial charge in [0.05, 0.1) is 5.27 Å². The first-order chi connectivity index (χ1) is 6.70. The molecule has 0 aliphatic carbocycles. The maximum absolute atomic E-state index is 11.0. The second kappa shape index (κ2) is 3.42. The molecule has 4 nitrogen and oxygen atoms in total. The Hall–Kier alpha value is -1.36. The van der Waals surface area contributed by atoms with Crippen molar-refractivity contribution in [1.82, 2.24) is 5.27 Å². The Bertz CT molecular complexity index is 468. The molecule has 1 heterocycles. The fourth-order valence-corrected chi connectivity index (χ4v) is 1.52. The Kier molecular flexibility index (Phi) is 2.25. The number of aromatic nitrogens is 2. The van der Waals surface area contributed by atoms with Gasteiger partial charge in [0.15, 0.2) is 5.95 Å². The minimum Gasteiger partial charge on any atom is -0.538 e. The number of benzene rings is 1. The van der Waals surface area contributed by atoms with Crippen molar-refractivity contribution in [3.05, 3.63) is 34.4 Å². The van der Waals surface area contributed by atoms with Gasteiger partial charge >= 0.3 is 4.60 Å². The van der Waals surface area contributed by atoms with Gasteiger partial charge in [-0.3, -0.25) is 0 Å². The topological polar surface area (TPSA) is 53.0 Å². The number of aryl methyl sites for hydroxylation is 1. The van der Waals surface area contributed by atoms with Gasteiger partial charge in [0.25, 0.3) is 0 Å². The van der Waals surface area contributed by atoms with Crippen LogP contribution in [0.15, 0.2) is 33.4 Å². The highest BCUT2D eigenvalue weighted by molar-refractivity contribution is 9.10. The molecule has 0 atom stereocenters. The number of halogens is 1. The molecule has 0 N–H and O–H groups in total. The fourth-order valence-electron chi connectivity index (χ4n) is 1.19. The van der Waals surface area contributed by atoms with Gasteiger partial charge in [-0.05, 0) is 11.6 Å². The van der Waals surface area contributed by atoms with E-state index in [4.69, 9.17) is 0 Å². The van der Waals surface area contributed by atoms with Crippen LogP contribution in [-0.2, 0) is 0 Å². The van der Waals surface area contributed by atoms with Crippen molar-refractivity contribution in [2.45, 2.75) is 6.92 Å². The zero-order valence-electron chi connectivity index (χ0n) is 7.40. The van der Waals surface area contributed by atoms with E-state index in [2.05, 4.69) is 25.7 Å². The van der Waals surface area contributed by atoms with Crippen LogP contribution in [0.2, 0.25) is 0 Å². The minimum absolute atomic E-state index is 0.298. The van der Waals surface area contributed by atoms with Gasteiger partial charge < -0.3 is 9.63 Å². The summed E-state index contributed by atoms with van der Waals surface area (Å²) in [6.07, 6.45) is 0. The Morgan fingerprint density at radius 1 is 1.43 bits per heavy atom. The normalized spacial score (nSPS) is 10.4. The van der Waals surface area contributed by atoms with Gasteiger partial charge in [-0.2, -0.15) is 0 Å². The van der Waals surface area contributed by atoms with E-state index in [0.29, 0.717) is 4.60 Å². The van der Waals surface area contributed by atoms with Crippen LogP contribution >= 0.6 is 15.9 Å². The van der Waals surface area contributed by atoms with Crippen LogP contribution in [0.25, 0.3) is 5.69 Å². The first kappa shape index (κ1) is 9.21. The van der Waals surface area contributed by atoms with Crippen LogP contribution in [0.4, 0.5) is 0 Å². The van der Waals surface area contributed by atoms with E-state index in [9.17, 15) is 5.11 Å². The molecule has 0 radical (unpaired) electrons. The second-order valence-electron chi connectivity index (χ2n) is 2.85. The van der Waals surface area contributed by atoms with Gasteiger partial charge in [0, 0.05) is 27.6 Å². The molecule has 0 fully saturated rings. The van der Waals surface area contributed by atoms with E-state index in [-0.39, 0.29) is 0 Å². The Morgan fingerprint density at radius 3 is 2.71 bits per heavy atom. The zero-order chi connectivity index (χ0) is 10.1. The van der Waals surface area contributed by atoms with Gasteiger partial charge in [0.1, 0.15) is 0 Å². The lowest BCUT2D eigenvalue weighted by Gasteiger charge is -1.94. The molecule has 0 unspecified atom stereocenters. The summed E-state index contributed by atoms with van der Waals surface area (Å²) in [4.78, 5) is 0. The molecule has 0 amide bonds. The number of hydrogen-bond donors (Lipinski definition) is 0. The smallest absolute Gasteiger partial charge is 0.305 e. The number of nitrogens with zero attached hydrogens (tertiary/aromatic N) is 2. The van der Waals surface area contributed by atoms with E-state index in [1.165, 1.54) is 4.68 Å². The summed E-state index contributed by atoms with van der Waals surface area (Å²) in [7, 11) is 0. The molecule has 2 aromatic rings. The van der Waals surface area contributed by atoms with E-state index in [0.717, 1.165) is 11.3 Å². The highest BCUT2D eigenvalue weighted by Gasteiger charge is 2.18. The summed E-state index contributed by atoms with van der Waals surface area (Å²) < 4.78 is 6.24. The molecule has 5 heteroatoms. The molecule has 0 spiro atoms. The highest BCUT2D eigenvalue weighted by atomic mass is 79.9. The number of hydrogen-bond acceptors (Lipinski definition) is 3. The SMILES string of the molecule is Cc1ccccc1-[n+]1noc([O-])c1Br. The number of rotatable bonds is 1. The van der Waals surface area contributed by atoms with Crippen molar-refractivity contribution in [2.24, 2.45) is 0 Å². The maximum Gasteiger partial charge on any atom is 0.305 e. The lowest BCUT2D eigenvalue weighted by molar-refractivity contribution is -0.681. The summed E-state index contributed by atoms with van der Waals surface area (Å²) in [6.45, 7) is 1.94. The van der Waals surface area contributed by atoms with Gasteiger partial charge in [-0.1, -0.05) is 18.2 Å². The van der Waals surface area contributed by atoms with Crippen LogP contribution in [0.3, 0.4) is 0 Å². The number of para-hydroxylation sites is 1. The van der Waals surface area contributed by atoms with E-state index >= 15 is 0 Å². The van der Waals surface area contributed by atoms with E-state index < -0.39 is 5.95 Å². The van der Waals surface area contributed by atoms with Crippen LogP contribution in [0.5, 0.6) is 5.95 Å². The van der Waals surface area contributed by atoms with Crippen molar-refractivity contribution < 1.29 is 14.3 Å². The zero-order valence-corrected chi connectivity index (χ0v) is 8.98. The fraction of sp³-hybridized carbons (Fsp3) is 0.111. The highest BCUT2D eigenvalue weighted by Crippen LogP contribution is 2.17. The molecule has 0 aliphatic rings. The average Bonchev–Trinajstić information content (AvgIpc) is 2.49. The third-order valence-corrected chi connectivity index (χ3v) is 2.56. The standard InChI is InChI=1S/C9H7BrN2O2/c1-6-4-2-3-5-7(6)12-8(10)9(13)14-11-12/h2-5H,1H3. The Labute approximate surface area is 88.9 Å². The minimum atomic E-state index is -0.478. The molecule has 1 aromatic heterocycles.